The van der Waals surface area contributed by atoms with Crippen LogP contribution < -0.4 is 20.1 Å². The highest BCUT2D eigenvalue weighted by molar-refractivity contribution is 7.80. The Morgan fingerprint density at radius 1 is 1.12 bits per heavy atom. The monoisotopic (exact) mass is 481 g/mol. The first-order chi connectivity index (χ1) is 16.0. The maximum absolute atomic E-state index is 12.5. The molecule has 0 unspecified atom stereocenters. The Kier molecular flexibility index (Phi) is 6.76. The van der Waals surface area contributed by atoms with E-state index in [2.05, 4.69) is 15.6 Å². The number of halogens is 1. The second kappa shape index (κ2) is 9.89. The number of benzene rings is 3. The number of ether oxygens (including phenoxy) is 2. The minimum atomic E-state index is -0.387. The van der Waals surface area contributed by atoms with Crippen LogP contribution in [-0.4, -0.2) is 29.7 Å². The third-order valence-corrected chi connectivity index (χ3v) is 5.20. The molecular weight excluding hydrogens is 462 g/mol. The number of nitrogens with zero attached hydrogens (tertiary/aromatic N) is 1. The molecular formula is C24H20ClN3O4S. The van der Waals surface area contributed by atoms with Gasteiger partial charge < -0.3 is 19.2 Å². The molecule has 33 heavy (non-hydrogen) atoms. The molecule has 0 radical (unpaired) electrons. The number of anilines is 1. The summed E-state index contributed by atoms with van der Waals surface area (Å²) < 4.78 is 16.4. The van der Waals surface area contributed by atoms with E-state index in [1.165, 1.54) is 6.07 Å². The number of amides is 1. The first-order valence-corrected chi connectivity index (χ1v) is 10.8. The van der Waals surface area contributed by atoms with Gasteiger partial charge in [-0.2, -0.15) is 0 Å². The molecule has 0 aliphatic heterocycles. The van der Waals surface area contributed by atoms with Gasteiger partial charge in [-0.05, 0) is 79.8 Å². The van der Waals surface area contributed by atoms with Gasteiger partial charge in [0, 0.05) is 16.8 Å². The molecule has 4 aromatic rings. The van der Waals surface area contributed by atoms with Crippen LogP contribution in [-0.2, 0) is 0 Å². The molecule has 0 saturated carbocycles. The van der Waals surface area contributed by atoms with Crippen LogP contribution in [0, 0.1) is 0 Å². The molecule has 0 fully saturated rings. The van der Waals surface area contributed by atoms with E-state index in [-0.39, 0.29) is 11.0 Å². The molecule has 0 spiro atoms. The molecule has 9 heteroatoms. The Hall–Kier alpha value is -3.62. The van der Waals surface area contributed by atoms with Gasteiger partial charge in [-0.25, -0.2) is 4.98 Å². The molecule has 1 amide bonds. The Bertz CT molecular complexity index is 1320. The molecule has 168 valence electrons. The van der Waals surface area contributed by atoms with Crippen molar-refractivity contribution in [2.75, 3.05) is 19.0 Å². The first-order valence-electron chi connectivity index (χ1n) is 10.1. The van der Waals surface area contributed by atoms with E-state index in [4.69, 9.17) is 37.7 Å². The zero-order valence-electron chi connectivity index (χ0n) is 17.8. The molecule has 4 rings (SSSR count). The van der Waals surface area contributed by atoms with E-state index in [9.17, 15) is 4.79 Å². The largest absolute Gasteiger partial charge is 0.497 e. The average molecular weight is 482 g/mol. The number of oxazole rings is 1. The summed E-state index contributed by atoms with van der Waals surface area (Å²) >= 11 is 11.4. The van der Waals surface area contributed by atoms with Crippen molar-refractivity contribution in [3.05, 3.63) is 71.2 Å². The summed E-state index contributed by atoms with van der Waals surface area (Å²) in [6.45, 7) is 2.34. The second-order valence-electron chi connectivity index (χ2n) is 6.92. The number of carbonyl (C=O) groups excluding carboxylic acids is 1. The van der Waals surface area contributed by atoms with Crippen LogP contribution in [0.25, 0.3) is 22.6 Å². The molecule has 1 heterocycles. The fraction of sp³-hybridized carbons (Fsp3) is 0.125. The van der Waals surface area contributed by atoms with E-state index in [0.29, 0.717) is 45.6 Å². The van der Waals surface area contributed by atoms with Crippen LogP contribution in [0.1, 0.15) is 17.3 Å². The average Bonchev–Trinajstić information content (AvgIpc) is 3.24. The van der Waals surface area contributed by atoms with Crippen LogP contribution in [0.3, 0.4) is 0 Å². The summed E-state index contributed by atoms with van der Waals surface area (Å²) in [6.07, 6.45) is 0. The Balaban J connectivity index is 1.44. The number of hydrogen-bond acceptors (Lipinski definition) is 6. The molecule has 0 saturated heterocycles. The minimum Gasteiger partial charge on any atom is -0.497 e. The normalized spacial score (nSPS) is 10.6. The Labute approximate surface area is 200 Å². The molecule has 0 aliphatic rings. The number of thiocarbonyl (C=S) groups is 1. The van der Waals surface area contributed by atoms with Gasteiger partial charge in [0.05, 0.1) is 18.7 Å². The van der Waals surface area contributed by atoms with E-state index >= 15 is 0 Å². The van der Waals surface area contributed by atoms with Gasteiger partial charge in [-0.15, -0.1) is 0 Å². The molecule has 0 aliphatic carbocycles. The predicted octanol–water partition coefficient (Wildman–Crippen LogP) is 5.68. The van der Waals surface area contributed by atoms with Crippen molar-refractivity contribution in [3.63, 3.8) is 0 Å². The Morgan fingerprint density at radius 3 is 2.61 bits per heavy atom. The molecule has 2 N–H and O–H groups in total. The van der Waals surface area contributed by atoms with Crippen LogP contribution >= 0.6 is 23.8 Å². The van der Waals surface area contributed by atoms with Crippen molar-refractivity contribution in [3.8, 4) is 23.0 Å². The highest BCUT2D eigenvalue weighted by Gasteiger charge is 2.13. The number of rotatable bonds is 6. The van der Waals surface area contributed by atoms with Crippen LogP contribution in [0.4, 0.5) is 5.69 Å². The van der Waals surface area contributed by atoms with E-state index < -0.39 is 0 Å². The van der Waals surface area contributed by atoms with Crippen molar-refractivity contribution in [1.29, 1.82) is 0 Å². The number of hydrogen-bond donors (Lipinski definition) is 2. The van der Waals surface area contributed by atoms with Gasteiger partial charge in [0.1, 0.15) is 17.0 Å². The number of aromatic nitrogens is 1. The molecule has 3 aromatic carbocycles. The van der Waals surface area contributed by atoms with Crippen molar-refractivity contribution in [2.24, 2.45) is 0 Å². The first kappa shape index (κ1) is 22.6. The molecule has 0 bridgehead atoms. The Morgan fingerprint density at radius 2 is 1.91 bits per heavy atom. The third-order valence-electron chi connectivity index (χ3n) is 4.70. The van der Waals surface area contributed by atoms with Gasteiger partial charge in [-0.1, -0.05) is 11.6 Å². The SMILES string of the molecule is CCOc1ccc(C(=O)NC(=S)Nc2ccc3oc(-c4ccc(OC)cc4)nc3c2)cc1Cl. The van der Waals surface area contributed by atoms with Crippen molar-refractivity contribution < 1.29 is 18.7 Å². The number of methoxy groups -OCH3 is 1. The van der Waals surface area contributed by atoms with Crippen molar-refractivity contribution in [2.45, 2.75) is 6.92 Å². The third kappa shape index (κ3) is 5.24. The maximum atomic E-state index is 12.5. The molecule has 1 aromatic heterocycles. The second-order valence-corrected chi connectivity index (χ2v) is 7.73. The molecule has 0 atom stereocenters. The van der Waals surface area contributed by atoms with Crippen molar-refractivity contribution in [1.82, 2.24) is 10.3 Å². The number of fused-ring (bicyclic) bond motifs is 1. The smallest absolute Gasteiger partial charge is 0.257 e. The van der Waals surface area contributed by atoms with Crippen molar-refractivity contribution >= 4 is 51.6 Å². The summed E-state index contributed by atoms with van der Waals surface area (Å²) in [4.78, 5) is 17.1. The highest BCUT2D eigenvalue weighted by atomic mass is 35.5. The predicted molar refractivity (Wildman–Crippen MR) is 132 cm³/mol. The summed E-state index contributed by atoms with van der Waals surface area (Å²) in [5.41, 5.74) is 3.14. The quantitative estimate of drug-likeness (QED) is 0.342. The van der Waals surface area contributed by atoms with Gasteiger partial charge in [-0.3, -0.25) is 10.1 Å². The lowest BCUT2D eigenvalue weighted by Crippen LogP contribution is -2.34. The topological polar surface area (TPSA) is 85.6 Å². The van der Waals surface area contributed by atoms with Crippen LogP contribution in [0.2, 0.25) is 5.02 Å². The van der Waals surface area contributed by atoms with Crippen LogP contribution in [0.5, 0.6) is 11.5 Å². The maximum Gasteiger partial charge on any atom is 0.257 e. The lowest BCUT2D eigenvalue weighted by atomic mass is 10.2. The fourth-order valence-corrected chi connectivity index (χ4v) is 3.56. The lowest BCUT2D eigenvalue weighted by molar-refractivity contribution is 0.0977. The highest BCUT2D eigenvalue weighted by Crippen LogP contribution is 2.28. The standard InChI is InChI=1S/C24H20ClN3O4S/c1-3-31-20-10-6-15(12-18(20)25)22(29)28-24(33)26-16-7-11-21-19(13-16)27-23(32-21)14-4-8-17(30-2)9-5-14/h4-13H,3H2,1-2H3,(H2,26,28,29,33). The van der Waals surface area contributed by atoms with Gasteiger partial charge >= 0.3 is 0 Å². The van der Waals surface area contributed by atoms with Gasteiger partial charge in [0.15, 0.2) is 10.7 Å². The van der Waals surface area contributed by atoms with Gasteiger partial charge in [0.25, 0.3) is 5.91 Å². The summed E-state index contributed by atoms with van der Waals surface area (Å²) in [5, 5.41) is 6.12. The van der Waals surface area contributed by atoms with E-state index in [0.717, 1.165) is 11.3 Å². The van der Waals surface area contributed by atoms with E-state index in [1.807, 2.05) is 31.2 Å². The van der Waals surface area contributed by atoms with Crippen LogP contribution in [0.15, 0.2) is 65.1 Å². The zero-order chi connectivity index (χ0) is 23.4. The summed E-state index contributed by atoms with van der Waals surface area (Å²) in [6, 6.07) is 17.6. The zero-order valence-corrected chi connectivity index (χ0v) is 19.4. The lowest BCUT2D eigenvalue weighted by Gasteiger charge is -2.11. The van der Waals surface area contributed by atoms with Gasteiger partial charge in [0.2, 0.25) is 5.89 Å². The summed E-state index contributed by atoms with van der Waals surface area (Å²) in [7, 11) is 1.61. The molecule has 7 nitrogen and oxygen atoms in total. The van der Waals surface area contributed by atoms with E-state index in [1.54, 1.807) is 37.4 Å². The summed E-state index contributed by atoms with van der Waals surface area (Å²) in [5.74, 6) is 1.38. The number of carbonyl (C=O) groups is 1. The number of nitrogens with one attached hydrogen (secondary N) is 2. The minimum absolute atomic E-state index is 0.142. The fourth-order valence-electron chi connectivity index (χ4n) is 3.11.